The van der Waals surface area contributed by atoms with Gasteiger partial charge in [-0.25, -0.2) is 9.59 Å². The molecule has 0 aliphatic rings. The van der Waals surface area contributed by atoms with E-state index in [0.717, 1.165) is 0 Å². The summed E-state index contributed by atoms with van der Waals surface area (Å²) in [6.07, 6.45) is 11.1. The Morgan fingerprint density at radius 3 is 0.971 bits per heavy atom. The molecule has 2 N–H and O–H groups in total. The summed E-state index contributed by atoms with van der Waals surface area (Å²) in [5, 5.41) is 16.8. The molecule has 0 aromatic heterocycles. The van der Waals surface area contributed by atoms with E-state index in [2.05, 4.69) is 27.7 Å². The SMILES string of the molecule is CCCC[N+](CCCC)(CCCC)CCCC.O=C(O)c1ccccc1.O=C(O)c1ccccc1. The monoisotopic (exact) mass is 486 g/mol. The summed E-state index contributed by atoms with van der Waals surface area (Å²) in [6, 6.07) is 16.6. The minimum Gasteiger partial charge on any atom is -0.478 e. The number of unbranched alkanes of at least 4 members (excludes halogenated alkanes) is 4. The number of carboxylic acids is 2. The summed E-state index contributed by atoms with van der Waals surface area (Å²) in [5.41, 5.74) is 0.662. The van der Waals surface area contributed by atoms with Crippen molar-refractivity contribution in [3.05, 3.63) is 71.8 Å². The minimum absolute atomic E-state index is 0.331. The van der Waals surface area contributed by atoms with E-state index in [9.17, 15) is 9.59 Å². The van der Waals surface area contributed by atoms with E-state index in [4.69, 9.17) is 10.2 Å². The summed E-state index contributed by atoms with van der Waals surface area (Å²) in [6.45, 7) is 15.0. The van der Waals surface area contributed by atoms with Crippen molar-refractivity contribution in [3.63, 3.8) is 0 Å². The van der Waals surface area contributed by atoms with Crippen molar-refractivity contribution >= 4 is 11.9 Å². The van der Waals surface area contributed by atoms with Crippen LogP contribution in [0.5, 0.6) is 0 Å². The molecular formula is C30H48NO4+. The van der Waals surface area contributed by atoms with Gasteiger partial charge < -0.3 is 14.7 Å². The number of nitrogens with zero attached hydrogens (tertiary/aromatic N) is 1. The summed E-state index contributed by atoms with van der Waals surface area (Å²) >= 11 is 0. The van der Waals surface area contributed by atoms with Gasteiger partial charge in [-0.3, -0.25) is 0 Å². The van der Waals surface area contributed by atoms with Crippen molar-refractivity contribution in [2.24, 2.45) is 0 Å². The van der Waals surface area contributed by atoms with E-state index in [1.165, 1.54) is 82.0 Å². The number of carboxylic acid groups (broad SMARTS) is 2. The molecule has 2 rings (SSSR count). The van der Waals surface area contributed by atoms with E-state index in [-0.39, 0.29) is 0 Å². The molecular weight excluding hydrogens is 438 g/mol. The van der Waals surface area contributed by atoms with Crippen molar-refractivity contribution in [2.45, 2.75) is 79.1 Å². The van der Waals surface area contributed by atoms with Crippen LogP contribution in [0.2, 0.25) is 0 Å². The van der Waals surface area contributed by atoms with Crippen molar-refractivity contribution < 1.29 is 24.3 Å². The summed E-state index contributed by atoms with van der Waals surface area (Å²) in [5.74, 6) is -1.76. The van der Waals surface area contributed by atoms with E-state index in [1.807, 2.05) is 0 Å². The van der Waals surface area contributed by atoms with Crippen LogP contribution in [0, 0.1) is 0 Å². The van der Waals surface area contributed by atoms with Gasteiger partial charge in [0.15, 0.2) is 0 Å². The lowest BCUT2D eigenvalue weighted by Gasteiger charge is -2.39. The molecule has 196 valence electrons. The summed E-state index contributed by atoms with van der Waals surface area (Å²) < 4.78 is 1.42. The first-order chi connectivity index (χ1) is 16.9. The first-order valence-electron chi connectivity index (χ1n) is 13.3. The molecule has 35 heavy (non-hydrogen) atoms. The Bertz CT molecular complexity index is 690. The molecule has 0 amide bonds. The van der Waals surface area contributed by atoms with Crippen molar-refractivity contribution in [1.29, 1.82) is 0 Å². The average Bonchev–Trinajstić information content (AvgIpc) is 2.89. The molecule has 2 aromatic rings. The fourth-order valence-electron chi connectivity index (χ4n) is 3.81. The third-order valence-corrected chi connectivity index (χ3v) is 5.99. The minimum atomic E-state index is -0.879. The average molecular weight is 487 g/mol. The Labute approximate surface area is 213 Å². The normalized spacial score (nSPS) is 10.4. The standard InChI is InChI=1S/C16H36N.2C7H6O2/c1-5-9-13-17(14-10-6-2,15-11-7-3)16-12-8-4;2*8-7(9)6-4-2-1-3-5-6/h5-16H2,1-4H3;2*1-5H,(H,8,9)/q+1;;. The maximum Gasteiger partial charge on any atom is 0.335 e. The van der Waals surface area contributed by atoms with Crippen LogP contribution in [-0.2, 0) is 0 Å². The summed E-state index contributed by atoms with van der Waals surface area (Å²) in [4.78, 5) is 20.4. The Kier molecular flexibility index (Phi) is 19.1. The van der Waals surface area contributed by atoms with Gasteiger partial charge >= 0.3 is 11.9 Å². The lowest BCUT2D eigenvalue weighted by Crippen LogP contribution is -2.50. The molecule has 0 saturated carbocycles. The molecule has 2 aromatic carbocycles. The molecule has 5 nitrogen and oxygen atoms in total. The highest BCUT2D eigenvalue weighted by molar-refractivity contribution is 5.87. The van der Waals surface area contributed by atoms with E-state index < -0.39 is 11.9 Å². The quantitative estimate of drug-likeness (QED) is 0.267. The second kappa shape index (κ2) is 20.7. The molecule has 0 radical (unpaired) electrons. The van der Waals surface area contributed by atoms with Gasteiger partial charge in [0.2, 0.25) is 0 Å². The predicted molar refractivity (Wildman–Crippen MR) is 146 cm³/mol. The third kappa shape index (κ3) is 15.8. The van der Waals surface area contributed by atoms with Gasteiger partial charge in [-0.05, 0) is 49.9 Å². The van der Waals surface area contributed by atoms with E-state index in [1.54, 1.807) is 60.7 Å². The lowest BCUT2D eigenvalue weighted by molar-refractivity contribution is -0.929. The fourth-order valence-corrected chi connectivity index (χ4v) is 3.81. The van der Waals surface area contributed by atoms with Crippen LogP contribution in [-0.4, -0.2) is 52.8 Å². The largest absolute Gasteiger partial charge is 0.478 e. The Hall–Kier alpha value is -2.66. The number of carbonyl (C=O) groups is 2. The third-order valence-electron chi connectivity index (χ3n) is 5.99. The Morgan fingerprint density at radius 1 is 0.543 bits per heavy atom. The highest BCUT2D eigenvalue weighted by atomic mass is 16.4. The first-order valence-corrected chi connectivity index (χ1v) is 13.3. The number of aromatic carboxylic acids is 2. The molecule has 0 unspecified atom stereocenters. The zero-order valence-corrected chi connectivity index (χ0v) is 22.4. The molecule has 0 saturated heterocycles. The van der Waals surface area contributed by atoms with Crippen LogP contribution < -0.4 is 0 Å². The molecule has 0 aliphatic heterocycles. The van der Waals surface area contributed by atoms with Gasteiger partial charge in [0.05, 0.1) is 37.3 Å². The van der Waals surface area contributed by atoms with Gasteiger partial charge in [0.1, 0.15) is 0 Å². The summed E-state index contributed by atoms with van der Waals surface area (Å²) in [7, 11) is 0. The molecule has 0 heterocycles. The molecule has 0 aliphatic carbocycles. The Balaban J connectivity index is 0.000000538. The maximum absolute atomic E-state index is 10.2. The van der Waals surface area contributed by atoms with Gasteiger partial charge in [-0.2, -0.15) is 0 Å². The topological polar surface area (TPSA) is 74.6 Å². The molecule has 0 spiro atoms. The second-order valence-corrected chi connectivity index (χ2v) is 8.99. The Morgan fingerprint density at radius 2 is 0.800 bits per heavy atom. The number of hydrogen-bond acceptors (Lipinski definition) is 2. The van der Waals surface area contributed by atoms with Crippen LogP contribution in [0.3, 0.4) is 0 Å². The number of benzene rings is 2. The zero-order chi connectivity index (χ0) is 26.4. The van der Waals surface area contributed by atoms with Crippen LogP contribution in [0.15, 0.2) is 60.7 Å². The second-order valence-electron chi connectivity index (χ2n) is 8.99. The van der Waals surface area contributed by atoms with Gasteiger partial charge in [-0.15, -0.1) is 0 Å². The zero-order valence-electron chi connectivity index (χ0n) is 22.4. The van der Waals surface area contributed by atoms with E-state index >= 15 is 0 Å². The first kappa shape index (κ1) is 32.3. The molecule has 0 fully saturated rings. The van der Waals surface area contributed by atoms with Crippen molar-refractivity contribution in [2.75, 3.05) is 26.2 Å². The molecule has 0 atom stereocenters. The highest BCUT2D eigenvalue weighted by Gasteiger charge is 2.24. The van der Waals surface area contributed by atoms with Crippen LogP contribution in [0.4, 0.5) is 0 Å². The van der Waals surface area contributed by atoms with Gasteiger partial charge in [0.25, 0.3) is 0 Å². The number of hydrogen-bond donors (Lipinski definition) is 2. The van der Waals surface area contributed by atoms with Gasteiger partial charge in [-0.1, -0.05) is 89.8 Å². The van der Waals surface area contributed by atoms with Gasteiger partial charge in [0, 0.05) is 0 Å². The lowest BCUT2D eigenvalue weighted by atomic mass is 10.1. The number of quaternary nitrogens is 1. The number of rotatable bonds is 14. The van der Waals surface area contributed by atoms with Crippen molar-refractivity contribution in [3.8, 4) is 0 Å². The maximum atomic E-state index is 10.2. The predicted octanol–water partition coefficient (Wildman–Crippen LogP) is 7.77. The molecule has 0 bridgehead atoms. The van der Waals surface area contributed by atoms with Crippen LogP contribution >= 0.6 is 0 Å². The van der Waals surface area contributed by atoms with E-state index in [0.29, 0.717) is 11.1 Å². The van der Waals surface area contributed by atoms with Crippen LogP contribution in [0.25, 0.3) is 0 Å². The smallest absolute Gasteiger partial charge is 0.335 e. The fraction of sp³-hybridized carbons (Fsp3) is 0.533. The van der Waals surface area contributed by atoms with Crippen molar-refractivity contribution in [1.82, 2.24) is 0 Å². The molecule has 5 heteroatoms. The highest BCUT2D eigenvalue weighted by Crippen LogP contribution is 2.16. The van der Waals surface area contributed by atoms with Crippen LogP contribution in [0.1, 0.15) is 99.8 Å².